The average molecular weight is 272 g/mol. The van der Waals surface area contributed by atoms with E-state index in [1.165, 1.54) is 0 Å². The standard InChI is InChI=1S/C15H20N4O/c16-11-1-5-13(6-2-11)19(10-9-15(18)20)14-7-3-12(17)4-8-14/h1-8,15,20H,9-10,16-18H2. The van der Waals surface area contributed by atoms with E-state index in [1.54, 1.807) is 0 Å². The molecule has 5 heteroatoms. The van der Waals surface area contributed by atoms with Crippen LogP contribution in [0.2, 0.25) is 0 Å². The molecule has 0 bridgehead atoms. The van der Waals surface area contributed by atoms with Gasteiger partial charge >= 0.3 is 0 Å². The maximum Gasteiger partial charge on any atom is 0.104 e. The number of aliphatic hydroxyl groups is 1. The van der Waals surface area contributed by atoms with E-state index >= 15 is 0 Å². The number of rotatable bonds is 5. The van der Waals surface area contributed by atoms with Crippen molar-refractivity contribution in [2.45, 2.75) is 12.6 Å². The molecule has 5 nitrogen and oxygen atoms in total. The highest BCUT2D eigenvalue weighted by Gasteiger charge is 2.10. The van der Waals surface area contributed by atoms with E-state index in [4.69, 9.17) is 17.2 Å². The van der Waals surface area contributed by atoms with E-state index in [-0.39, 0.29) is 0 Å². The molecule has 106 valence electrons. The molecule has 0 spiro atoms. The van der Waals surface area contributed by atoms with E-state index in [0.717, 1.165) is 11.4 Å². The van der Waals surface area contributed by atoms with Gasteiger partial charge in [-0.3, -0.25) is 0 Å². The van der Waals surface area contributed by atoms with Crippen molar-refractivity contribution in [2.24, 2.45) is 5.73 Å². The fraction of sp³-hybridized carbons (Fsp3) is 0.200. The predicted molar refractivity (Wildman–Crippen MR) is 83.5 cm³/mol. The third-order valence-electron chi connectivity index (χ3n) is 3.06. The van der Waals surface area contributed by atoms with Crippen molar-refractivity contribution in [1.82, 2.24) is 0 Å². The molecular formula is C15H20N4O. The second-order valence-corrected chi connectivity index (χ2v) is 4.69. The molecule has 0 aliphatic rings. The lowest BCUT2D eigenvalue weighted by molar-refractivity contribution is 0.175. The van der Waals surface area contributed by atoms with E-state index in [9.17, 15) is 5.11 Å². The van der Waals surface area contributed by atoms with E-state index in [1.807, 2.05) is 48.5 Å². The predicted octanol–water partition coefficient (Wildman–Crippen LogP) is 1.66. The van der Waals surface area contributed by atoms with E-state index < -0.39 is 6.23 Å². The first-order valence-electron chi connectivity index (χ1n) is 6.48. The number of anilines is 4. The normalized spacial score (nSPS) is 12.1. The zero-order valence-electron chi connectivity index (χ0n) is 11.2. The summed E-state index contributed by atoms with van der Waals surface area (Å²) in [4.78, 5) is 2.06. The molecule has 1 unspecified atom stereocenters. The van der Waals surface area contributed by atoms with E-state index in [2.05, 4.69) is 4.90 Å². The van der Waals surface area contributed by atoms with Crippen LogP contribution >= 0.6 is 0 Å². The molecule has 1 atom stereocenters. The molecule has 7 N–H and O–H groups in total. The lowest BCUT2D eigenvalue weighted by atomic mass is 10.2. The Kier molecular flexibility index (Phi) is 4.45. The van der Waals surface area contributed by atoms with Gasteiger partial charge in [0.1, 0.15) is 6.23 Å². The molecule has 0 fully saturated rings. The average Bonchev–Trinajstić information content (AvgIpc) is 2.42. The van der Waals surface area contributed by atoms with Crippen LogP contribution < -0.4 is 22.1 Å². The Morgan fingerprint density at radius 1 is 0.850 bits per heavy atom. The first-order chi connectivity index (χ1) is 9.56. The molecule has 0 radical (unpaired) electrons. The fourth-order valence-electron chi connectivity index (χ4n) is 1.98. The largest absolute Gasteiger partial charge is 0.399 e. The molecular weight excluding hydrogens is 252 g/mol. The molecule has 2 aromatic rings. The number of hydrogen-bond donors (Lipinski definition) is 4. The zero-order valence-corrected chi connectivity index (χ0v) is 11.2. The highest BCUT2D eigenvalue weighted by Crippen LogP contribution is 2.27. The number of nitrogens with zero attached hydrogens (tertiary/aromatic N) is 1. The summed E-state index contributed by atoms with van der Waals surface area (Å²) in [6.45, 7) is 0.603. The summed E-state index contributed by atoms with van der Waals surface area (Å²) >= 11 is 0. The number of nitrogens with two attached hydrogens (primary N) is 3. The van der Waals surface area contributed by atoms with Crippen LogP contribution in [0, 0.1) is 0 Å². The molecule has 0 amide bonds. The summed E-state index contributed by atoms with van der Waals surface area (Å²) in [5.41, 5.74) is 20.3. The summed E-state index contributed by atoms with van der Waals surface area (Å²) in [5.74, 6) is 0. The minimum absolute atomic E-state index is 0.467. The summed E-state index contributed by atoms with van der Waals surface area (Å²) in [5, 5.41) is 9.29. The highest BCUT2D eigenvalue weighted by molar-refractivity contribution is 5.66. The second-order valence-electron chi connectivity index (χ2n) is 4.69. The molecule has 0 aliphatic carbocycles. The topological polar surface area (TPSA) is 102 Å². The minimum atomic E-state index is -0.833. The van der Waals surface area contributed by atoms with Gasteiger partial charge in [0.05, 0.1) is 0 Å². The van der Waals surface area contributed by atoms with Crippen LogP contribution in [0.5, 0.6) is 0 Å². The van der Waals surface area contributed by atoms with Crippen LogP contribution in [0.1, 0.15) is 6.42 Å². The third kappa shape index (κ3) is 3.63. The molecule has 0 saturated carbocycles. The van der Waals surface area contributed by atoms with Crippen LogP contribution in [-0.4, -0.2) is 17.9 Å². The lowest BCUT2D eigenvalue weighted by Crippen LogP contribution is -2.27. The summed E-state index contributed by atoms with van der Waals surface area (Å²) in [6.07, 6.45) is -0.366. The Labute approximate surface area is 118 Å². The van der Waals surface area contributed by atoms with E-state index in [0.29, 0.717) is 24.3 Å². The summed E-state index contributed by atoms with van der Waals surface area (Å²) < 4.78 is 0. The number of hydrogen-bond acceptors (Lipinski definition) is 5. The maximum absolute atomic E-state index is 9.29. The second kappa shape index (κ2) is 6.27. The van der Waals surface area contributed by atoms with Gasteiger partial charge in [-0.2, -0.15) is 0 Å². The van der Waals surface area contributed by atoms with Gasteiger partial charge in [0.2, 0.25) is 0 Å². The Hall–Kier alpha value is -2.24. The quantitative estimate of drug-likeness (QED) is 0.490. The van der Waals surface area contributed by atoms with Crippen molar-refractivity contribution >= 4 is 22.7 Å². The number of nitrogen functional groups attached to an aromatic ring is 2. The fourth-order valence-corrected chi connectivity index (χ4v) is 1.98. The van der Waals surface area contributed by atoms with Gasteiger partial charge in [-0.1, -0.05) is 0 Å². The Balaban J connectivity index is 2.28. The maximum atomic E-state index is 9.29. The van der Waals surface area contributed by atoms with Gasteiger partial charge in [-0.05, 0) is 48.5 Å². The third-order valence-corrected chi connectivity index (χ3v) is 3.06. The first-order valence-corrected chi connectivity index (χ1v) is 6.48. The number of benzene rings is 2. The Morgan fingerprint density at radius 3 is 1.60 bits per heavy atom. The van der Waals surface area contributed by atoms with Crippen molar-refractivity contribution in [3.63, 3.8) is 0 Å². The lowest BCUT2D eigenvalue weighted by Gasteiger charge is -2.26. The van der Waals surface area contributed by atoms with Crippen molar-refractivity contribution in [3.05, 3.63) is 48.5 Å². The monoisotopic (exact) mass is 272 g/mol. The number of aliphatic hydroxyl groups excluding tert-OH is 1. The van der Waals surface area contributed by atoms with Crippen LogP contribution in [0.3, 0.4) is 0 Å². The smallest absolute Gasteiger partial charge is 0.104 e. The SMILES string of the molecule is Nc1ccc(N(CCC(N)O)c2ccc(N)cc2)cc1. The van der Waals surface area contributed by atoms with Crippen LogP contribution in [0.4, 0.5) is 22.7 Å². The van der Waals surface area contributed by atoms with Crippen molar-refractivity contribution in [2.75, 3.05) is 22.9 Å². The molecule has 2 rings (SSSR count). The van der Waals surface area contributed by atoms with Crippen LogP contribution in [0.15, 0.2) is 48.5 Å². The van der Waals surface area contributed by atoms with Crippen LogP contribution in [-0.2, 0) is 0 Å². The van der Waals surface area contributed by atoms with Gasteiger partial charge in [-0.25, -0.2) is 0 Å². The van der Waals surface area contributed by atoms with Gasteiger partial charge in [-0.15, -0.1) is 0 Å². The van der Waals surface area contributed by atoms with Gasteiger partial charge in [0.15, 0.2) is 0 Å². The van der Waals surface area contributed by atoms with Crippen LogP contribution in [0.25, 0.3) is 0 Å². The molecule has 20 heavy (non-hydrogen) atoms. The molecule has 0 aromatic heterocycles. The summed E-state index contributed by atoms with van der Waals surface area (Å²) in [6, 6.07) is 15.1. The summed E-state index contributed by atoms with van der Waals surface area (Å²) in [7, 11) is 0. The van der Waals surface area contributed by atoms with Gasteiger partial charge in [0.25, 0.3) is 0 Å². The molecule has 0 heterocycles. The van der Waals surface area contributed by atoms with Gasteiger partial charge in [0, 0.05) is 35.7 Å². The first kappa shape index (κ1) is 14.2. The highest BCUT2D eigenvalue weighted by atomic mass is 16.3. The van der Waals surface area contributed by atoms with Crippen molar-refractivity contribution in [3.8, 4) is 0 Å². The van der Waals surface area contributed by atoms with Crippen molar-refractivity contribution < 1.29 is 5.11 Å². The van der Waals surface area contributed by atoms with Gasteiger partial charge < -0.3 is 27.2 Å². The van der Waals surface area contributed by atoms with Crippen molar-refractivity contribution in [1.29, 1.82) is 0 Å². The Bertz CT molecular complexity index is 491. The molecule has 0 saturated heterocycles. The minimum Gasteiger partial charge on any atom is -0.399 e. The zero-order chi connectivity index (χ0) is 14.5. The Morgan fingerprint density at radius 2 is 1.25 bits per heavy atom. The molecule has 0 aliphatic heterocycles. The molecule has 2 aromatic carbocycles.